The lowest BCUT2D eigenvalue weighted by Gasteiger charge is -1.89. The molecular formula is C11H8N2O2. The van der Waals surface area contributed by atoms with Crippen molar-refractivity contribution in [3.05, 3.63) is 23.8 Å². The Hall–Kier alpha value is -2.28. The van der Waals surface area contributed by atoms with Crippen molar-refractivity contribution in [3.63, 3.8) is 0 Å². The molecule has 0 unspecified atom stereocenters. The van der Waals surface area contributed by atoms with E-state index in [1.54, 1.807) is 18.2 Å². The van der Waals surface area contributed by atoms with Crippen LogP contribution in [0.2, 0.25) is 0 Å². The highest BCUT2D eigenvalue weighted by molar-refractivity contribution is 5.87. The molecule has 1 aromatic carbocycles. The van der Waals surface area contributed by atoms with Gasteiger partial charge < -0.3 is 15.1 Å². The zero-order valence-electron chi connectivity index (χ0n) is 7.86. The fourth-order valence-electron chi connectivity index (χ4n) is 1.23. The number of fused-ring (bicyclic) bond motifs is 1. The molecule has 0 aliphatic carbocycles. The van der Waals surface area contributed by atoms with Crippen molar-refractivity contribution >= 4 is 23.1 Å². The third-order valence-corrected chi connectivity index (χ3v) is 1.92. The lowest BCUT2D eigenvalue weighted by molar-refractivity contribution is -0.107. The van der Waals surface area contributed by atoms with Crippen molar-refractivity contribution in [3.8, 4) is 11.8 Å². The zero-order chi connectivity index (χ0) is 10.7. The van der Waals surface area contributed by atoms with Gasteiger partial charge in [-0.2, -0.15) is 0 Å². The van der Waals surface area contributed by atoms with E-state index < -0.39 is 0 Å². The van der Waals surface area contributed by atoms with Crippen molar-refractivity contribution in [1.82, 2.24) is 5.16 Å². The second-order valence-corrected chi connectivity index (χ2v) is 2.95. The van der Waals surface area contributed by atoms with Crippen LogP contribution in [0, 0.1) is 11.8 Å². The number of aromatic nitrogens is 1. The number of anilines is 1. The SMILES string of the molecule is Nc1noc2ccc(C#CCC=O)cc12. The molecule has 0 fully saturated rings. The molecule has 15 heavy (non-hydrogen) atoms. The Morgan fingerprint density at radius 3 is 3.20 bits per heavy atom. The molecule has 0 amide bonds. The Labute approximate surface area is 86.0 Å². The largest absolute Gasteiger partial charge is 0.380 e. The van der Waals surface area contributed by atoms with Gasteiger partial charge in [-0.05, 0) is 18.2 Å². The number of nitrogen functional groups attached to an aromatic ring is 1. The van der Waals surface area contributed by atoms with Crippen LogP contribution in [0.3, 0.4) is 0 Å². The molecule has 0 saturated carbocycles. The van der Waals surface area contributed by atoms with Crippen LogP contribution < -0.4 is 5.73 Å². The van der Waals surface area contributed by atoms with Gasteiger partial charge in [0.05, 0.1) is 11.8 Å². The second-order valence-electron chi connectivity index (χ2n) is 2.95. The van der Waals surface area contributed by atoms with Crippen LogP contribution in [0.4, 0.5) is 5.82 Å². The van der Waals surface area contributed by atoms with Crippen LogP contribution in [0.1, 0.15) is 12.0 Å². The molecule has 2 rings (SSSR count). The molecule has 4 heteroatoms. The Morgan fingerprint density at radius 2 is 2.40 bits per heavy atom. The van der Waals surface area contributed by atoms with Crippen LogP contribution in [0.15, 0.2) is 22.7 Å². The minimum absolute atomic E-state index is 0.233. The number of carbonyl (C=O) groups is 1. The van der Waals surface area contributed by atoms with Crippen LogP contribution in [0.25, 0.3) is 11.0 Å². The van der Waals surface area contributed by atoms with Gasteiger partial charge >= 0.3 is 0 Å². The molecule has 0 aliphatic rings. The van der Waals surface area contributed by atoms with Gasteiger partial charge in [0.25, 0.3) is 0 Å². The minimum atomic E-state index is 0.233. The summed E-state index contributed by atoms with van der Waals surface area (Å²) < 4.78 is 4.95. The molecule has 0 spiro atoms. The van der Waals surface area contributed by atoms with Crippen molar-refractivity contribution in [2.75, 3.05) is 5.73 Å². The number of nitrogens with two attached hydrogens (primary N) is 1. The third-order valence-electron chi connectivity index (χ3n) is 1.92. The molecule has 2 aromatic rings. The summed E-state index contributed by atoms with van der Waals surface area (Å²) in [4.78, 5) is 10.1. The van der Waals surface area contributed by atoms with E-state index in [-0.39, 0.29) is 6.42 Å². The van der Waals surface area contributed by atoms with Crippen molar-refractivity contribution in [1.29, 1.82) is 0 Å². The van der Waals surface area contributed by atoms with E-state index in [0.717, 1.165) is 17.2 Å². The smallest absolute Gasteiger partial charge is 0.174 e. The number of hydrogen-bond acceptors (Lipinski definition) is 4. The number of hydrogen-bond donors (Lipinski definition) is 1. The first-order valence-corrected chi connectivity index (χ1v) is 4.38. The van der Waals surface area contributed by atoms with Crippen molar-refractivity contribution in [2.24, 2.45) is 0 Å². The highest BCUT2D eigenvalue weighted by Crippen LogP contribution is 2.20. The van der Waals surface area contributed by atoms with E-state index in [4.69, 9.17) is 10.3 Å². The Balaban J connectivity index is 2.42. The topological polar surface area (TPSA) is 69.1 Å². The number of rotatable bonds is 1. The Morgan fingerprint density at radius 1 is 1.53 bits per heavy atom. The van der Waals surface area contributed by atoms with Gasteiger partial charge in [-0.25, -0.2) is 0 Å². The molecule has 4 nitrogen and oxygen atoms in total. The van der Waals surface area contributed by atoms with Gasteiger partial charge in [0.2, 0.25) is 0 Å². The van der Waals surface area contributed by atoms with E-state index in [0.29, 0.717) is 11.4 Å². The first-order valence-electron chi connectivity index (χ1n) is 4.38. The molecule has 1 aromatic heterocycles. The van der Waals surface area contributed by atoms with Crippen LogP contribution in [-0.4, -0.2) is 11.4 Å². The molecule has 0 radical (unpaired) electrons. The number of benzene rings is 1. The summed E-state index contributed by atoms with van der Waals surface area (Å²) >= 11 is 0. The highest BCUT2D eigenvalue weighted by Gasteiger charge is 2.03. The molecule has 0 saturated heterocycles. The van der Waals surface area contributed by atoms with E-state index >= 15 is 0 Å². The first-order chi connectivity index (χ1) is 7.31. The maximum absolute atomic E-state index is 10.1. The lowest BCUT2D eigenvalue weighted by Crippen LogP contribution is -1.83. The fraction of sp³-hybridized carbons (Fsp3) is 0.0909. The predicted octanol–water partition coefficient (Wildman–Crippen LogP) is 1.35. The van der Waals surface area contributed by atoms with Crippen LogP contribution in [-0.2, 0) is 4.79 Å². The second kappa shape index (κ2) is 3.84. The molecule has 74 valence electrons. The first kappa shape index (κ1) is 9.28. The average Bonchev–Trinajstić information content (AvgIpc) is 2.61. The molecule has 0 bridgehead atoms. The third kappa shape index (κ3) is 1.81. The standard InChI is InChI=1S/C11H8N2O2/c12-11-9-7-8(3-1-2-6-14)4-5-10(9)15-13-11/h4-7H,2H2,(H2,12,13). The average molecular weight is 200 g/mol. The quantitative estimate of drug-likeness (QED) is 0.557. The highest BCUT2D eigenvalue weighted by atomic mass is 16.5. The fourth-order valence-corrected chi connectivity index (χ4v) is 1.23. The van der Waals surface area contributed by atoms with E-state index in [9.17, 15) is 4.79 Å². The Bertz CT molecular complexity index is 561. The Kier molecular flexibility index (Phi) is 2.38. The molecular weight excluding hydrogens is 192 g/mol. The summed E-state index contributed by atoms with van der Waals surface area (Å²) in [5.74, 6) is 5.92. The minimum Gasteiger partial charge on any atom is -0.380 e. The normalized spacial score (nSPS) is 9.60. The summed E-state index contributed by atoms with van der Waals surface area (Å²) in [5, 5.41) is 4.38. The maximum atomic E-state index is 10.1. The van der Waals surface area contributed by atoms with Crippen LogP contribution >= 0.6 is 0 Å². The van der Waals surface area contributed by atoms with E-state index in [2.05, 4.69) is 17.0 Å². The number of carbonyl (C=O) groups excluding carboxylic acids is 1. The lowest BCUT2D eigenvalue weighted by atomic mass is 10.1. The van der Waals surface area contributed by atoms with Gasteiger partial charge in [-0.1, -0.05) is 17.0 Å². The molecule has 1 heterocycles. The molecule has 0 aliphatic heterocycles. The van der Waals surface area contributed by atoms with Gasteiger partial charge in [0.1, 0.15) is 6.29 Å². The van der Waals surface area contributed by atoms with Crippen LogP contribution in [0.5, 0.6) is 0 Å². The summed E-state index contributed by atoms with van der Waals surface area (Å²) in [5.41, 5.74) is 7.01. The van der Waals surface area contributed by atoms with Crippen molar-refractivity contribution < 1.29 is 9.32 Å². The van der Waals surface area contributed by atoms with Gasteiger partial charge in [0, 0.05) is 5.56 Å². The summed E-state index contributed by atoms with van der Waals surface area (Å²) in [6.45, 7) is 0. The summed E-state index contributed by atoms with van der Waals surface area (Å²) in [6.07, 6.45) is 0.996. The molecule has 0 atom stereocenters. The van der Waals surface area contributed by atoms with E-state index in [1.807, 2.05) is 0 Å². The number of nitrogens with zero attached hydrogens (tertiary/aromatic N) is 1. The zero-order valence-corrected chi connectivity index (χ0v) is 7.86. The molecule has 2 N–H and O–H groups in total. The maximum Gasteiger partial charge on any atom is 0.174 e. The predicted molar refractivity (Wildman–Crippen MR) is 56.0 cm³/mol. The summed E-state index contributed by atoms with van der Waals surface area (Å²) in [6, 6.07) is 5.34. The van der Waals surface area contributed by atoms with Gasteiger partial charge in [-0.3, -0.25) is 0 Å². The van der Waals surface area contributed by atoms with Gasteiger partial charge in [0.15, 0.2) is 11.4 Å². The van der Waals surface area contributed by atoms with Gasteiger partial charge in [-0.15, -0.1) is 0 Å². The number of aldehydes is 1. The van der Waals surface area contributed by atoms with Crippen molar-refractivity contribution in [2.45, 2.75) is 6.42 Å². The summed E-state index contributed by atoms with van der Waals surface area (Å²) in [7, 11) is 0. The van der Waals surface area contributed by atoms with E-state index in [1.165, 1.54) is 0 Å². The monoisotopic (exact) mass is 200 g/mol.